The number of primary amides is 1. The molecule has 0 saturated carbocycles. The van der Waals surface area contributed by atoms with E-state index < -0.39 is 37.5 Å². The molecule has 1 aromatic heterocycles. The summed E-state index contributed by atoms with van der Waals surface area (Å²) in [6.07, 6.45) is 0.736. The van der Waals surface area contributed by atoms with Gasteiger partial charge in [0.15, 0.2) is 5.03 Å². The lowest BCUT2D eigenvalue weighted by Gasteiger charge is -2.08. The van der Waals surface area contributed by atoms with Crippen molar-refractivity contribution >= 4 is 33.3 Å². The Labute approximate surface area is 129 Å². The van der Waals surface area contributed by atoms with Crippen LogP contribution in [-0.2, 0) is 14.6 Å². The standard InChI is InChI=1S/C12H9ClN2O6S/c1-20-12(17)6-3-2-4-7(13)9(6)22(18,19)8-5-21-11(15-8)10(14)16/h2-5H,1H3,(H2,14,16). The number of nitrogens with two attached hydrogens (primary N) is 1. The molecular formula is C12H9ClN2O6S. The fourth-order valence-corrected chi connectivity index (χ4v) is 3.48. The second kappa shape index (κ2) is 5.78. The van der Waals surface area contributed by atoms with E-state index in [0.29, 0.717) is 0 Å². The average Bonchev–Trinajstić information content (AvgIpc) is 2.96. The van der Waals surface area contributed by atoms with Gasteiger partial charge in [-0.15, -0.1) is 0 Å². The van der Waals surface area contributed by atoms with Crippen molar-refractivity contribution in [3.63, 3.8) is 0 Å². The van der Waals surface area contributed by atoms with Crippen LogP contribution < -0.4 is 5.73 Å². The van der Waals surface area contributed by atoms with Gasteiger partial charge in [-0.25, -0.2) is 13.2 Å². The third-order valence-corrected chi connectivity index (χ3v) is 4.75. The van der Waals surface area contributed by atoms with Crippen LogP contribution in [0, 0.1) is 0 Å². The number of esters is 1. The molecule has 22 heavy (non-hydrogen) atoms. The number of hydrogen-bond acceptors (Lipinski definition) is 7. The van der Waals surface area contributed by atoms with Gasteiger partial charge in [0, 0.05) is 0 Å². The third kappa shape index (κ3) is 2.68. The number of nitrogens with zero attached hydrogens (tertiary/aromatic N) is 1. The number of halogens is 1. The van der Waals surface area contributed by atoms with Gasteiger partial charge >= 0.3 is 11.9 Å². The van der Waals surface area contributed by atoms with Crippen LogP contribution in [0.4, 0.5) is 0 Å². The highest BCUT2D eigenvalue weighted by Gasteiger charge is 2.31. The number of carbonyl (C=O) groups is 2. The van der Waals surface area contributed by atoms with Crippen molar-refractivity contribution in [3.8, 4) is 0 Å². The van der Waals surface area contributed by atoms with E-state index in [1.807, 2.05) is 0 Å². The monoisotopic (exact) mass is 344 g/mol. The number of carbonyl (C=O) groups excluding carboxylic acids is 2. The highest BCUT2D eigenvalue weighted by molar-refractivity contribution is 7.91. The largest absolute Gasteiger partial charge is 0.465 e. The Hall–Kier alpha value is -2.39. The molecule has 2 N–H and O–H groups in total. The minimum absolute atomic E-state index is 0.202. The van der Waals surface area contributed by atoms with E-state index in [2.05, 4.69) is 14.1 Å². The summed E-state index contributed by atoms with van der Waals surface area (Å²) in [6.45, 7) is 0. The molecule has 0 spiro atoms. The predicted molar refractivity (Wildman–Crippen MR) is 73.3 cm³/mol. The van der Waals surface area contributed by atoms with Gasteiger partial charge in [-0.2, -0.15) is 4.98 Å². The lowest BCUT2D eigenvalue weighted by molar-refractivity contribution is 0.0596. The second-order valence-electron chi connectivity index (χ2n) is 3.97. The Bertz CT molecular complexity index is 858. The zero-order chi connectivity index (χ0) is 16.5. The molecule has 0 aliphatic rings. The van der Waals surface area contributed by atoms with Crippen LogP contribution in [0.3, 0.4) is 0 Å². The minimum Gasteiger partial charge on any atom is -0.465 e. The highest BCUT2D eigenvalue weighted by Crippen LogP contribution is 2.30. The fourth-order valence-electron chi connectivity index (χ4n) is 1.65. The fraction of sp³-hybridized carbons (Fsp3) is 0.0833. The number of benzene rings is 1. The Morgan fingerprint density at radius 2 is 2.05 bits per heavy atom. The maximum atomic E-state index is 12.6. The van der Waals surface area contributed by atoms with Crippen molar-refractivity contribution in [1.29, 1.82) is 0 Å². The summed E-state index contributed by atoms with van der Waals surface area (Å²) in [5.41, 5.74) is 4.68. The van der Waals surface area contributed by atoms with Crippen molar-refractivity contribution in [2.45, 2.75) is 9.92 Å². The van der Waals surface area contributed by atoms with Gasteiger partial charge in [-0.3, -0.25) is 4.79 Å². The molecule has 0 fully saturated rings. The molecule has 0 radical (unpaired) electrons. The van der Waals surface area contributed by atoms with Gasteiger partial charge in [-0.05, 0) is 12.1 Å². The quantitative estimate of drug-likeness (QED) is 0.820. The Morgan fingerprint density at radius 3 is 2.59 bits per heavy atom. The lowest BCUT2D eigenvalue weighted by atomic mass is 10.2. The van der Waals surface area contributed by atoms with Crippen molar-refractivity contribution < 1.29 is 27.2 Å². The molecule has 2 aromatic rings. The second-order valence-corrected chi connectivity index (χ2v) is 6.21. The average molecular weight is 345 g/mol. The van der Waals surface area contributed by atoms with Gasteiger partial charge in [0.25, 0.3) is 5.89 Å². The molecule has 1 heterocycles. The first kappa shape index (κ1) is 16.0. The van der Waals surface area contributed by atoms with Crippen molar-refractivity contribution in [2.24, 2.45) is 5.73 Å². The molecule has 1 aromatic carbocycles. The molecule has 0 bridgehead atoms. The summed E-state index contributed by atoms with van der Waals surface area (Å²) in [5, 5.41) is -0.800. The van der Waals surface area contributed by atoms with Crippen LogP contribution in [0.2, 0.25) is 5.02 Å². The number of ether oxygens (including phenoxy) is 1. The van der Waals surface area contributed by atoms with Crippen LogP contribution in [0.1, 0.15) is 21.0 Å². The van der Waals surface area contributed by atoms with Gasteiger partial charge in [0.05, 0.1) is 17.7 Å². The minimum atomic E-state index is -4.31. The summed E-state index contributed by atoms with van der Waals surface area (Å²) in [7, 11) is -3.22. The van der Waals surface area contributed by atoms with Crippen molar-refractivity contribution in [2.75, 3.05) is 7.11 Å². The van der Waals surface area contributed by atoms with E-state index in [4.69, 9.17) is 17.3 Å². The third-order valence-electron chi connectivity index (χ3n) is 2.61. The van der Waals surface area contributed by atoms with E-state index >= 15 is 0 Å². The number of amides is 1. The van der Waals surface area contributed by atoms with Gasteiger partial charge in [0.1, 0.15) is 11.2 Å². The number of rotatable bonds is 4. The van der Waals surface area contributed by atoms with E-state index in [-0.39, 0.29) is 10.6 Å². The summed E-state index contributed by atoms with van der Waals surface area (Å²) >= 11 is 5.90. The highest BCUT2D eigenvalue weighted by atomic mass is 35.5. The van der Waals surface area contributed by atoms with E-state index in [9.17, 15) is 18.0 Å². The molecule has 0 unspecified atom stereocenters. The molecule has 0 atom stereocenters. The van der Waals surface area contributed by atoms with Crippen LogP contribution in [-0.4, -0.2) is 32.4 Å². The summed E-state index contributed by atoms with van der Waals surface area (Å²) in [4.78, 5) is 25.6. The topological polar surface area (TPSA) is 130 Å². The van der Waals surface area contributed by atoms with Crippen LogP contribution in [0.25, 0.3) is 0 Å². The van der Waals surface area contributed by atoms with Gasteiger partial charge in [-0.1, -0.05) is 17.7 Å². The summed E-state index contributed by atoms with van der Waals surface area (Å²) in [5.74, 6) is -2.50. The first-order valence-electron chi connectivity index (χ1n) is 5.66. The van der Waals surface area contributed by atoms with E-state index in [0.717, 1.165) is 13.4 Å². The van der Waals surface area contributed by atoms with Gasteiger partial charge < -0.3 is 14.9 Å². The van der Waals surface area contributed by atoms with E-state index in [1.165, 1.54) is 18.2 Å². The number of oxazole rings is 1. The summed E-state index contributed by atoms with van der Waals surface area (Å²) < 4.78 is 34.3. The maximum absolute atomic E-state index is 12.6. The molecule has 1 amide bonds. The molecule has 2 rings (SSSR count). The molecule has 0 aliphatic carbocycles. The number of sulfone groups is 1. The molecule has 10 heteroatoms. The van der Waals surface area contributed by atoms with Crippen LogP contribution >= 0.6 is 11.6 Å². The van der Waals surface area contributed by atoms with Crippen molar-refractivity contribution in [3.05, 3.63) is 40.9 Å². The zero-order valence-electron chi connectivity index (χ0n) is 11.1. The normalized spacial score (nSPS) is 11.2. The molecule has 8 nitrogen and oxygen atoms in total. The Balaban J connectivity index is 2.68. The van der Waals surface area contributed by atoms with Gasteiger partial charge in [0.2, 0.25) is 9.84 Å². The number of aromatic nitrogens is 1. The molecule has 116 valence electrons. The first-order chi connectivity index (χ1) is 10.3. The maximum Gasteiger partial charge on any atom is 0.339 e. The predicted octanol–water partition coefficient (Wildman–Crippen LogP) is 1.05. The molecule has 0 saturated heterocycles. The Kier molecular flexibility index (Phi) is 4.20. The van der Waals surface area contributed by atoms with Crippen molar-refractivity contribution in [1.82, 2.24) is 4.98 Å². The van der Waals surface area contributed by atoms with E-state index in [1.54, 1.807) is 0 Å². The number of hydrogen-bond donors (Lipinski definition) is 1. The smallest absolute Gasteiger partial charge is 0.339 e. The Morgan fingerprint density at radius 1 is 1.36 bits per heavy atom. The molecule has 0 aliphatic heterocycles. The number of methoxy groups -OCH3 is 1. The van der Waals surface area contributed by atoms with Crippen LogP contribution in [0.15, 0.2) is 38.8 Å². The SMILES string of the molecule is COC(=O)c1cccc(Cl)c1S(=O)(=O)c1coc(C(N)=O)n1. The zero-order valence-corrected chi connectivity index (χ0v) is 12.6. The first-order valence-corrected chi connectivity index (χ1v) is 7.52. The van der Waals surface area contributed by atoms with Crippen LogP contribution in [0.5, 0.6) is 0 Å². The summed E-state index contributed by atoms with van der Waals surface area (Å²) in [6, 6.07) is 3.92. The lowest BCUT2D eigenvalue weighted by Crippen LogP contribution is -2.14. The molecular weight excluding hydrogens is 336 g/mol.